The van der Waals surface area contributed by atoms with Gasteiger partial charge in [0.25, 0.3) is 0 Å². The first-order valence-electron chi connectivity index (χ1n) is 8.71. The van der Waals surface area contributed by atoms with Crippen LogP contribution in [0, 0.1) is 0 Å². The van der Waals surface area contributed by atoms with Crippen LogP contribution in [0.1, 0.15) is 38.3 Å². The second kappa shape index (κ2) is 11.0. The first-order chi connectivity index (χ1) is 13.5. The molecule has 0 aliphatic rings. The van der Waals surface area contributed by atoms with Gasteiger partial charge in [0, 0.05) is 14.4 Å². The lowest BCUT2D eigenvalue weighted by Gasteiger charge is -2.28. The fourth-order valence-electron chi connectivity index (χ4n) is 2.75. The molecule has 0 heterocycles. The molecular formula is C21H20Br6O2. The maximum atomic E-state index is 6.03. The van der Waals surface area contributed by atoms with E-state index >= 15 is 0 Å². The van der Waals surface area contributed by atoms with Gasteiger partial charge in [-0.25, -0.2) is 0 Å². The fourth-order valence-corrected chi connectivity index (χ4v) is 6.18. The van der Waals surface area contributed by atoms with Crippen molar-refractivity contribution in [3.63, 3.8) is 0 Å². The third kappa shape index (κ3) is 6.13. The summed E-state index contributed by atoms with van der Waals surface area (Å²) in [5.74, 6) is 1.56. The SMILES string of the molecule is CC/C(Br)=C(\Br)COc1c(Br)cc(C(C)(C)c2cc(Br)c(OC)c(Br)c2)cc1Br. The molecule has 0 radical (unpaired) electrons. The smallest absolute Gasteiger partial charge is 0.148 e. The van der Waals surface area contributed by atoms with Gasteiger partial charge in [-0.15, -0.1) is 0 Å². The lowest BCUT2D eigenvalue weighted by molar-refractivity contribution is 0.355. The summed E-state index contributed by atoms with van der Waals surface area (Å²) in [7, 11) is 1.66. The summed E-state index contributed by atoms with van der Waals surface area (Å²) in [6.07, 6.45) is 0.909. The van der Waals surface area contributed by atoms with Gasteiger partial charge in [-0.3, -0.25) is 0 Å². The van der Waals surface area contributed by atoms with Crippen LogP contribution >= 0.6 is 95.6 Å². The Morgan fingerprint density at radius 2 is 1.21 bits per heavy atom. The van der Waals surface area contributed by atoms with Crippen LogP contribution in [0.25, 0.3) is 0 Å². The predicted molar refractivity (Wildman–Crippen MR) is 143 cm³/mol. The molecule has 29 heavy (non-hydrogen) atoms. The van der Waals surface area contributed by atoms with E-state index < -0.39 is 0 Å². The molecule has 158 valence electrons. The number of hydrogen-bond acceptors (Lipinski definition) is 2. The first kappa shape index (κ1) is 25.9. The molecule has 2 nitrogen and oxygen atoms in total. The van der Waals surface area contributed by atoms with Crippen LogP contribution in [0.2, 0.25) is 0 Å². The van der Waals surface area contributed by atoms with Crippen molar-refractivity contribution in [1.29, 1.82) is 0 Å². The Bertz CT molecular complexity index is 891. The van der Waals surface area contributed by atoms with Crippen molar-refractivity contribution in [1.82, 2.24) is 0 Å². The fraction of sp³-hybridized carbons (Fsp3) is 0.333. The molecule has 0 saturated carbocycles. The molecule has 0 saturated heterocycles. The molecule has 0 aliphatic carbocycles. The molecule has 0 atom stereocenters. The van der Waals surface area contributed by atoms with E-state index in [2.05, 4.69) is 141 Å². The summed E-state index contributed by atoms with van der Waals surface area (Å²) in [6, 6.07) is 8.41. The molecule has 0 amide bonds. The normalized spacial score (nSPS) is 12.6. The quantitative estimate of drug-likeness (QED) is 0.279. The van der Waals surface area contributed by atoms with Crippen molar-refractivity contribution in [3.8, 4) is 11.5 Å². The number of rotatable bonds is 7. The highest BCUT2D eigenvalue weighted by Gasteiger charge is 2.27. The van der Waals surface area contributed by atoms with E-state index in [1.165, 1.54) is 0 Å². The molecule has 2 aromatic rings. The molecule has 0 unspecified atom stereocenters. The second-order valence-corrected chi connectivity index (χ2v) is 12.2. The van der Waals surface area contributed by atoms with Gasteiger partial charge in [0.15, 0.2) is 0 Å². The number of methoxy groups -OCH3 is 1. The van der Waals surface area contributed by atoms with Crippen LogP contribution < -0.4 is 9.47 Å². The maximum absolute atomic E-state index is 6.03. The Morgan fingerprint density at radius 3 is 1.59 bits per heavy atom. The van der Waals surface area contributed by atoms with E-state index in [-0.39, 0.29) is 5.41 Å². The molecule has 0 spiro atoms. The standard InChI is InChI=1S/C21H20Br6O2/c1-5-13(22)18(27)10-29-20-16(25)8-12(9-17(20)26)21(2,3)11-6-14(23)19(28-4)15(24)7-11/h6-9H,5,10H2,1-4H3/b18-13+. The van der Waals surface area contributed by atoms with Gasteiger partial charge >= 0.3 is 0 Å². The maximum Gasteiger partial charge on any atom is 0.148 e. The molecule has 0 aliphatic heterocycles. The molecule has 0 N–H and O–H groups in total. The van der Waals surface area contributed by atoms with E-state index in [0.29, 0.717) is 6.61 Å². The van der Waals surface area contributed by atoms with Crippen LogP contribution in [0.4, 0.5) is 0 Å². The average Bonchev–Trinajstić information content (AvgIpc) is 2.65. The summed E-state index contributed by atoms with van der Waals surface area (Å²) in [6.45, 7) is 6.93. The van der Waals surface area contributed by atoms with E-state index in [0.717, 1.165) is 55.9 Å². The third-order valence-electron chi connectivity index (χ3n) is 4.59. The van der Waals surface area contributed by atoms with Crippen LogP contribution in [-0.2, 0) is 5.41 Å². The topological polar surface area (TPSA) is 18.5 Å². The molecule has 2 aromatic carbocycles. The summed E-state index contributed by atoms with van der Waals surface area (Å²) in [4.78, 5) is 0. The molecule has 0 aromatic heterocycles. The van der Waals surface area contributed by atoms with Gasteiger partial charge in [-0.2, -0.15) is 0 Å². The van der Waals surface area contributed by atoms with Gasteiger partial charge in [-0.1, -0.05) is 52.6 Å². The van der Waals surface area contributed by atoms with Gasteiger partial charge in [0.2, 0.25) is 0 Å². The summed E-state index contributed by atoms with van der Waals surface area (Å²) in [5.41, 5.74) is 2.06. The van der Waals surface area contributed by atoms with Crippen molar-refractivity contribution in [2.45, 2.75) is 32.6 Å². The Labute approximate surface area is 223 Å². The van der Waals surface area contributed by atoms with E-state index in [1.54, 1.807) is 7.11 Å². The Morgan fingerprint density at radius 1 is 0.793 bits per heavy atom. The van der Waals surface area contributed by atoms with E-state index in [9.17, 15) is 0 Å². The summed E-state index contributed by atoms with van der Waals surface area (Å²) in [5, 5.41) is 0. The van der Waals surface area contributed by atoms with E-state index in [4.69, 9.17) is 9.47 Å². The van der Waals surface area contributed by atoms with Crippen LogP contribution in [0.15, 0.2) is 51.1 Å². The Hall–Kier alpha value is 0.660. The number of benzene rings is 2. The van der Waals surface area contributed by atoms with Crippen molar-refractivity contribution in [2.24, 2.45) is 0 Å². The van der Waals surface area contributed by atoms with Crippen molar-refractivity contribution in [3.05, 3.63) is 62.2 Å². The van der Waals surface area contributed by atoms with Crippen molar-refractivity contribution >= 4 is 95.6 Å². The Kier molecular flexibility index (Phi) is 9.82. The largest absolute Gasteiger partial charge is 0.494 e. The zero-order valence-corrected chi connectivity index (χ0v) is 25.8. The summed E-state index contributed by atoms with van der Waals surface area (Å²) >= 11 is 21.7. The van der Waals surface area contributed by atoms with Gasteiger partial charge in [-0.05, 0) is 106 Å². The van der Waals surface area contributed by atoms with Crippen LogP contribution in [-0.4, -0.2) is 13.7 Å². The van der Waals surface area contributed by atoms with Gasteiger partial charge < -0.3 is 9.47 Å². The number of ether oxygens (including phenoxy) is 2. The molecular weight excluding hydrogens is 764 g/mol. The molecule has 8 heteroatoms. The minimum absolute atomic E-state index is 0.243. The van der Waals surface area contributed by atoms with Crippen LogP contribution in [0.3, 0.4) is 0 Å². The van der Waals surface area contributed by atoms with Crippen molar-refractivity contribution in [2.75, 3.05) is 13.7 Å². The van der Waals surface area contributed by atoms with E-state index in [1.807, 2.05) is 0 Å². The van der Waals surface area contributed by atoms with Crippen molar-refractivity contribution < 1.29 is 9.47 Å². The first-order valence-corrected chi connectivity index (χ1v) is 13.5. The number of hydrogen-bond donors (Lipinski definition) is 0. The lowest BCUT2D eigenvalue weighted by Crippen LogP contribution is -2.19. The van der Waals surface area contributed by atoms with Gasteiger partial charge in [0.1, 0.15) is 18.1 Å². The Balaban J connectivity index is 2.41. The molecule has 0 bridgehead atoms. The predicted octanol–water partition coefficient (Wildman–Crippen LogP) is 9.86. The minimum Gasteiger partial charge on any atom is -0.494 e. The monoisotopic (exact) mass is 778 g/mol. The highest BCUT2D eigenvalue weighted by molar-refractivity contribution is 9.14. The third-order valence-corrected chi connectivity index (χ3v) is 9.23. The van der Waals surface area contributed by atoms with Crippen LogP contribution in [0.5, 0.6) is 11.5 Å². The average molecular weight is 784 g/mol. The molecule has 2 rings (SSSR count). The zero-order chi connectivity index (χ0) is 21.9. The zero-order valence-electron chi connectivity index (χ0n) is 16.3. The minimum atomic E-state index is -0.243. The second-order valence-electron chi connectivity index (χ2n) is 6.82. The molecule has 0 fully saturated rings. The lowest BCUT2D eigenvalue weighted by atomic mass is 9.78. The number of allylic oxidation sites excluding steroid dienone is 1. The highest BCUT2D eigenvalue weighted by atomic mass is 79.9. The number of halogens is 6. The highest BCUT2D eigenvalue weighted by Crippen LogP contribution is 2.44. The van der Waals surface area contributed by atoms with Gasteiger partial charge in [0.05, 0.1) is 25.0 Å². The summed E-state index contributed by atoms with van der Waals surface area (Å²) < 4.78 is 17.2.